The van der Waals surface area contributed by atoms with Gasteiger partial charge in [0.2, 0.25) is 5.12 Å². The Kier molecular flexibility index (Phi) is 8.97. The van der Waals surface area contributed by atoms with Crippen LogP contribution in [0.4, 0.5) is 0 Å². The maximum atomic E-state index is 13.0. The van der Waals surface area contributed by atoms with Gasteiger partial charge in [0.05, 0.1) is 0 Å². The molecule has 216 valence electrons. The second-order valence-electron chi connectivity index (χ2n) is 14.7. The highest BCUT2D eigenvalue weighted by Gasteiger charge is 2.59. The topological polar surface area (TPSA) is 26.3 Å². The van der Waals surface area contributed by atoms with Crippen LogP contribution in [0.3, 0.4) is 0 Å². The smallest absolute Gasteiger partial charge is 0.229 e. The van der Waals surface area contributed by atoms with Crippen molar-refractivity contribution in [3.8, 4) is 5.75 Å². The van der Waals surface area contributed by atoms with Crippen LogP contribution in [0, 0.1) is 46.3 Å². The van der Waals surface area contributed by atoms with E-state index in [9.17, 15) is 4.79 Å². The van der Waals surface area contributed by atoms with E-state index in [0.29, 0.717) is 16.1 Å². The molecule has 3 saturated carbocycles. The Hall–Kier alpha value is -1.22. The first kappa shape index (κ1) is 29.3. The van der Waals surface area contributed by atoms with Crippen molar-refractivity contribution in [2.45, 2.75) is 124 Å². The summed E-state index contributed by atoms with van der Waals surface area (Å²) in [6.45, 7) is 14.5. The van der Waals surface area contributed by atoms with E-state index in [1.54, 1.807) is 17.3 Å². The van der Waals surface area contributed by atoms with Crippen LogP contribution < -0.4 is 4.74 Å². The van der Waals surface area contributed by atoms with Crippen LogP contribution in [0.25, 0.3) is 0 Å². The molecule has 4 aliphatic rings. The van der Waals surface area contributed by atoms with E-state index in [4.69, 9.17) is 4.74 Å². The summed E-state index contributed by atoms with van der Waals surface area (Å²) in [6.07, 6.45) is 17.0. The zero-order chi connectivity index (χ0) is 27.8. The SMILES string of the molecule is CC(C)CCC[C@H](C)[C@H]1CC[C@H]2[C@@H]3CC=C4C[C@@H](SC(=O)[C@@H](C)Oc5ccccc5)CC[C@]4(C)[C@H]3CC[C@]12C. The van der Waals surface area contributed by atoms with Gasteiger partial charge in [0.25, 0.3) is 0 Å². The standard InChI is InChI=1S/C36H54O2S/c1-24(2)11-10-12-25(3)31-17-18-32-30-16-15-27-23-29(19-21-35(27,5)33(30)20-22-36(31,32)6)39-34(37)26(4)38-28-13-8-7-9-14-28/h7-9,13-15,24-26,29-33H,10-12,16-23H2,1-6H3/t25-,26+,29-,30-,31+,32-,33-,35-,36+/m0/s1. The molecule has 0 spiro atoms. The lowest BCUT2D eigenvalue weighted by Gasteiger charge is -2.58. The zero-order valence-corrected chi connectivity index (χ0v) is 26.4. The summed E-state index contributed by atoms with van der Waals surface area (Å²) in [6, 6.07) is 9.75. The van der Waals surface area contributed by atoms with Gasteiger partial charge in [-0.15, -0.1) is 0 Å². The van der Waals surface area contributed by atoms with Crippen LogP contribution in [0.1, 0.15) is 112 Å². The van der Waals surface area contributed by atoms with Gasteiger partial charge in [-0.1, -0.05) is 95.5 Å². The predicted octanol–water partition coefficient (Wildman–Crippen LogP) is 10.1. The third-order valence-corrected chi connectivity index (χ3v) is 13.2. The fourth-order valence-corrected chi connectivity index (χ4v) is 10.8. The molecular formula is C36H54O2S. The molecular weight excluding hydrogens is 496 g/mol. The van der Waals surface area contributed by atoms with Crippen LogP contribution >= 0.6 is 11.8 Å². The number of hydrogen-bond donors (Lipinski definition) is 0. The average Bonchev–Trinajstić information content (AvgIpc) is 3.26. The van der Waals surface area contributed by atoms with E-state index in [2.05, 4.69) is 40.7 Å². The normalized spacial score (nSPS) is 37.3. The van der Waals surface area contributed by atoms with Crippen molar-refractivity contribution in [1.82, 2.24) is 0 Å². The molecule has 0 amide bonds. The summed E-state index contributed by atoms with van der Waals surface area (Å²) in [5.74, 6) is 6.03. The Balaban J connectivity index is 1.21. The van der Waals surface area contributed by atoms with Crippen molar-refractivity contribution in [1.29, 1.82) is 0 Å². The highest BCUT2D eigenvalue weighted by Crippen LogP contribution is 2.67. The maximum absolute atomic E-state index is 13.0. The van der Waals surface area contributed by atoms with E-state index >= 15 is 0 Å². The maximum Gasteiger partial charge on any atom is 0.229 e. The first-order valence-electron chi connectivity index (χ1n) is 16.2. The first-order valence-corrected chi connectivity index (χ1v) is 17.1. The van der Waals surface area contributed by atoms with Crippen LogP contribution in [0.5, 0.6) is 5.75 Å². The number of ether oxygens (including phenoxy) is 1. The zero-order valence-electron chi connectivity index (χ0n) is 25.6. The number of carbonyl (C=O) groups is 1. The third kappa shape index (κ3) is 5.91. The van der Waals surface area contributed by atoms with Crippen LogP contribution in [-0.2, 0) is 4.79 Å². The van der Waals surface area contributed by atoms with Gasteiger partial charge in [-0.3, -0.25) is 4.79 Å². The second kappa shape index (κ2) is 11.9. The number of hydrogen-bond acceptors (Lipinski definition) is 3. The summed E-state index contributed by atoms with van der Waals surface area (Å²) < 4.78 is 5.94. The van der Waals surface area contributed by atoms with Gasteiger partial charge in [-0.05, 0) is 117 Å². The number of rotatable bonds is 9. The van der Waals surface area contributed by atoms with Crippen molar-refractivity contribution in [2.24, 2.45) is 46.3 Å². The van der Waals surface area contributed by atoms with E-state index in [1.165, 1.54) is 57.8 Å². The highest BCUT2D eigenvalue weighted by atomic mass is 32.2. The molecule has 0 heterocycles. The van der Waals surface area contributed by atoms with E-state index in [0.717, 1.165) is 54.1 Å². The molecule has 0 aliphatic heterocycles. The molecule has 9 atom stereocenters. The second-order valence-corrected chi connectivity index (χ2v) is 16.0. The van der Waals surface area contributed by atoms with Gasteiger partial charge in [-0.25, -0.2) is 0 Å². The lowest BCUT2D eigenvalue weighted by Crippen LogP contribution is -2.50. The Bertz CT molecular complexity index is 1020. The Morgan fingerprint density at radius 1 is 0.974 bits per heavy atom. The van der Waals surface area contributed by atoms with E-state index < -0.39 is 6.10 Å². The fraction of sp³-hybridized carbons (Fsp3) is 0.750. The van der Waals surface area contributed by atoms with E-state index in [-0.39, 0.29) is 5.12 Å². The van der Waals surface area contributed by atoms with Crippen molar-refractivity contribution < 1.29 is 9.53 Å². The number of carbonyl (C=O) groups excluding carboxylic acids is 1. The van der Waals surface area contributed by atoms with Crippen molar-refractivity contribution >= 4 is 16.9 Å². The third-order valence-electron chi connectivity index (χ3n) is 11.9. The summed E-state index contributed by atoms with van der Waals surface area (Å²) in [5, 5.41) is 0.571. The Labute approximate surface area is 243 Å². The molecule has 0 aromatic heterocycles. The minimum absolute atomic E-state index is 0.176. The summed E-state index contributed by atoms with van der Waals surface area (Å²) in [7, 11) is 0. The number of allylic oxidation sites excluding steroid dienone is 2. The van der Waals surface area contributed by atoms with Gasteiger partial charge in [0.15, 0.2) is 6.10 Å². The number of thioether (sulfide) groups is 1. The number of para-hydroxylation sites is 1. The Morgan fingerprint density at radius 3 is 2.49 bits per heavy atom. The van der Waals surface area contributed by atoms with Crippen LogP contribution in [0.15, 0.2) is 42.0 Å². The van der Waals surface area contributed by atoms with Gasteiger partial charge < -0.3 is 4.74 Å². The fourth-order valence-electron chi connectivity index (χ4n) is 9.76. The van der Waals surface area contributed by atoms with Gasteiger partial charge in [-0.2, -0.15) is 0 Å². The molecule has 3 fully saturated rings. The molecule has 0 radical (unpaired) electrons. The molecule has 0 saturated heterocycles. The number of benzene rings is 1. The van der Waals surface area contributed by atoms with E-state index in [1.807, 2.05) is 37.3 Å². The lowest BCUT2D eigenvalue weighted by atomic mass is 9.47. The van der Waals surface area contributed by atoms with Crippen molar-refractivity contribution in [3.63, 3.8) is 0 Å². The summed E-state index contributed by atoms with van der Waals surface area (Å²) in [4.78, 5) is 13.0. The molecule has 1 aromatic rings. The van der Waals surface area contributed by atoms with Gasteiger partial charge in [0.1, 0.15) is 5.75 Å². The summed E-state index contributed by atoms with van der Waals surface area (Å²) >= 11 is 1.55. The van der Waals surface area contributed by atoms with Gasteiger partial charge >= 0.3 is 0 Å². The minimum atomic E-state index is -0.408. The quantitative estimate of drug-likeness (QED) is 0.286. The Morgan fingerprint density at radius 2 is 1.74 bits per heavy atom. The molecule has 0 N–H and O–H groups in total. The number of fused-ring (bicyclic) bond motifs is 5. The highest BCUT2D eigenvalue weighted by molar-refractivity contribution is 8.14. The lowest BCUT2D eigenvalue weighted by molar-refractivity contribution is -0.116. The van der Waals surface area contributed by atoms with Crippen LogP contribution in [-0.4, -0.2) is 16.5 Å². The predicted molar refractivity (Wildman–Crippen MR) is 166 cm³/mol. The minimum Gasteiger partial charge on any atom is -0.482 e. The molecule has 1 aromatic carbocycles. The first-order chi connectivity index (χ1) is 18.6. The summed E-state index contributed by atoms with van der Waals surface area (Å²) in [5.41, 5.74) is 2.57. The molecule has 2 nitrogen and oxygen atoms in total. The van der Waals surface area contributed by atoms with Crippen molar-refractivity contribution in [2.75, 3.05) is 0 Å². The largest absolute Gasteiger partial charge is 0.482 e. The molecule has 0 unspecified atom stereocenters. The molecule has 39 heavy (non-hydrogen) atoms. The average molecular weight is 551 g/mol. The van der Waals surface area contributed by atoms with Crippen LogP contribution in [0.2, 0.25) is 0 Å². The molecule has 0 bridgehead atoms. The van der Waals surface area contributed by atoms with Crippen molar-refractivity contribution in [3.05, 3.63) is 42.0 Å². The molecule has 4 aliphatic carbocycles. The molecule has 3 heteroatoms. The molecule has 5 rings (SSSR count). The monoisotopic (exact) mass is 550 g/mol. The van der Waals surface area contributed by atoms with Gasteiger partial charge in [0, 0.05) is 5.25 Å².